The molecule has 0 aliphatic heterocycles. The van der Waals surface area contributed by atoms with Gasteiger partial charge in [-0.05, 0) is 38.1 Å². The van der Waals surface area contributed by atoms with Crippen LogP contribution in [0.3, 0.4) is 0 Å². The molecule has 2 amide bonds. The molecule has 1 heterocycles. The topological polar surface area (TPSA) is 112 Å². The third kappa shape index (κ3) is 5.03. The Labute approximate surface area is 145 Å². The number of aryl methyl sites for hydroxylation is 1. The van der Waals surface area contributed by atoms with E-state index in [-0.39, 0.29) is 24.9 Å². The highest BCUT2D eigenvalue weighted by molar-refractivity contribution is 5.84. The van der Waals surface area contributed by atoms with Gasteiger partial charge in [0.05, 0.1) is 13.7 Å². The maximum atomic E-state index is 12.3. The Morgan fingerprint density at radius 1 is 1.28 bits per heavy atom. The minimum absolute atomic E-state index is 0.0998. The fourth-order valence-electron chi connectivity index (χ4n) is 2.30. The van der Waals surface area contributed by atoms with Gasteiger partial charge in [0.2, 0.25) is 23.5 Å². The quantitative estimate of drug-likeness (QED) is 0.773. The van der Waals surface area contributed by atoms with Crippen molar-refractivity contribution in [2.75, 3.05) is 13.7 Å². The number of hydrogen-bond donors (Lipinski definition) is 1. The molecule has 1 aromatic carbocycles. The number of aromatic nitrogens is 2. The fraction of sp³-hybridized carbons (Fsp3) is 0.412. The molecule has 0 spiro atoms. The molecule has 2 aromatic rings. The van der Waals surface area contributed by atoms with E-state index in [1.165, 1.54) is 4.90 Å². The van der Waals surface area contributed by atoms with Crippen LogP contribution >= 0.6 is 0 Å². The summed E-state index contributed by atoms with van der Waals surface area (Å²) < 4.78 is 10.3. The molecular weight excluding hydrogens is 324 g/mol. The highest BCUT2D eigenvalue weighted by Gasteiger charge is 2.20. The van der Waals surface area contributed by atoms with Crippen LogP contribution in [-0.2, 0) is 16.0 Å². The first-order valence-electron chi connectivity index (χ1n) is 7.95. The first-order chi connectivity index (χ1) is 11.9. The molecule has 25 heavy (non-hydrogen) atoms. The molecule has 0 aliphatic carbocycles. The van der Waals surface area contributed by atoms with Gasteiger partial charge in [-0.2, -0.15) is 4.98 Å². The summed E-state index contributed by atoms with van der Waals surface area (Å²) in [6, 6.07) is 7.15. The number of nitrogens with zero attached hydrogens (tertiary/aromatic N) is 3. The number of carbonyl (C=O) groups excluding carboxylic acids is 2. The van der Waals surface area contributed by atoms with Crippen LogP contribution in [0, 0.1) is 0 Å². The Balaban J connectivity index is 1.98. The van der Waals surface area contributed by atoms with Gasteiger partial charge in [0.1, 0.15) is 5.75 Å². The number of rotatable bonds is 8. The van der Waals surface area contributed by atoms with Gasteiger partial charge in [0.25, 0.3) is 0 Å². The Morgan fingerprint density at radius 2 is 1.96 bits per heavy atom. The van der Waals surface area contributed by atoms with Crippen LogP contribution in [0.25, 0.3) is 11.4 Å². The second-order valence-corrected chi connectivity index (χ2v) is 5.82. The second-order valence-electron chi connectivity index (χ2n) is 5.82. The summed E-state index contributed by atoms with van der Waals surface area (Å²) in [4.78, 5) is 29.1. The molecule has 8 heteroatoms. The van der Waals surface area contributed by atoms with Crippen molar-refractivity contribution in [1.82, 2.24) is 15.0 Å². The Kier molecular flexibility index (Phi) is 6.10. The zero-order valence-corrected chi connectivity index (χ0v) is 14.6. The van der Waals surface area contributed by atoms with E-state index in [0.717, 1.165) is 11.3 Å². The average molecular weight is 346 g/mol. The molecule has 0 atom stereocenters. The van der Waals surface area contributed by atoms with Gasteiger partial charge in [0, 0.05) is 24.4 Å². The molecule has 2 N–H and O–H groups in total. The van der Waals surface area contributed by atoms with E-state index < -0.39 is 5.91 Å². The summed E-state index contributed by atoms with van der Waals surface area (Å²) in [6.45, 7) is 3.56. The lowest BCUT2D eigenvalue weighted by Crippen LogP contribution is -2.42. The van der Waals surface area contributed by atoms with Gasteiger partial charge in [-0.25, -0.2) is 0 Å². The molecular formula is C17H22N4O4. The molecule has 0 aliphatic rings. The van der Waals surface area contributed by atoms with E-state index >= 15 is 0 Å². The Morgan fingerprint density at radius 3 is 2.52 bits per heavy atom. The molecule has 0 fully saturated rings. The van der Waals surface area contributed by atoms with Crippen LogP contribution in [0.4, 0.5) is 0 Å². The van der Waals surface area contributed by atoms with Crippen molar-refractivity contribution in [3.05, 3.63) is 30.2 Å². The number of methoxy groups -OCH3 is 1. The first-order valence-corrected chi connectivity index (χ1v) is 7.95. The predicted octanol–water partition coefficient (Wildman–Crippen LogP) is 1.40. The van der Waals surface area contributed by atoms with Crippen molar-refractivity contribution in [2.24, 2.45) is 5.73 Å². The number of carbonyl (C=O) groups is 2. The molecule has 2 rings (SSSR count). The van der Waals surface area contributed by atoms with Crippen LogP contribution in [0.2, 0.25) is 0 Å². The molecule has 134 valence electrons. The number of ether oxygens (including phenoxy) is 1. The van der Waals surface area contributed by atoms with Crippen molar-refractivity contribution in [3.63, 3.8) is 0 Å². The van der Waals surface area contributed by atoms with Gasteiger partial charge in [-0.1, -0.05) is 5.16 Å². The normalized spacial score (nSPS) is 10.7. The highest BCUT2D eigenvalue weighted by atomic mass is 16.5. The number of nitrogens with two attached hydrogens (primary N) is 1. The summed E-state index contributed by atoms with van der Waals surface area (Å²) >= 11 is 0. The van der Waals surface area contributed by atoms with E-state index in [2.05, 4.69) is 10.1 Å². The lowest BCUT2D eigenvalue weighted by atomic mass is 10.2. The SMILES string of the molecule is COc1ccc(-c2noc(CCC(=O)N(CC(N)=O)C(C)C)n2)cc1. The monoisotopic (exact) mass is 346 g/mol. The van der Waals surface area contributed by atoms with Crippen LogP contribution in [0.1, 0.15) is 26.2 Å². The van der Waals surface area contributed by atoms with E-state index in [4.69, 9.17) is 15.0 Å². The molecule has 0 bridgehead atoms. The van der Waals surface area contributed by atoms with Gasteiger partial charge < -0.3 is 19.9 Å². The fourth-order valence-corrected chi connectivity index (χ4v) is 2.30. The van der Waals surface area contributed by atoms with Crippen molar-refractivity contribution in [2.45, 2.75) is 32.7 Å². The van der Waals surface area contributed by atoms with Crippen LogP contribution in [0.5, 0.6) is 5.75 Å². The smallest absolute Gasteiger partial charge is 0.237 e. The van der Waals surface area contributed by atoms with Crippen molar-refractivity contribution in [1.29, 1.82) is 0 Å². The van der Waals surface area contributed by atoms with Crippen molar-refractivity contribution < 1.29 is 18.8 Å². The summed E-state index contributed by atoms with van der Waals surface area (Å²) in [5.41, 5.74) is 5.97. The minimum atomic E-state index is -0.540. The lowest BCUT2D eigenvalue weighted by Gasteiger charge is -2.25. The Bertz CT molecular complexity index is 725. The number of primary amides is 1. The maximum Gasteiger partial charge on any atom is 0.237 e. The average Bonchev–Trinajstić information content (AvgIpc) is 3.06. The van der Waals surface area contributed by atoms with Gasteiger partial charge in [0.15, 0.2) is 0 Å². The summed E-state index contributed by atoms with van der Waals surface area (Å²) in [7, 11) is 1.59. The standard InChI is InChI=1S/C17H22N4O4/c1-11(2)21(10-14(18)22)16(23)9-8-15-19-17(20-25-15)12-4-6-13(24-3)7-5-12/h4-7,11H,8-10H2,1-3H3,(H2,18,22). The molecule has 0 saturated heterocycles. The maximum absolute atomic E-state index is 12.3. The minimum Gasteiger partial charge on any atom is -0.497 e. The zero-order valence-electron chi connectivity index (χ0n) is 14.6. The van der Waals surface area contributed by atoms with E-state index in [1.54, 1.807) is 19.2 Å². The number of hydrogen-bond acceptors (Lipinski definition) is 6. The van der Waals surface area contributed by atoms with E-state index in [0.29, 0.717) is 18.1 Å². The van der Waals surface area contributed by atoms with Crippen molar-refractivity contribution in [3.8, 4) is 17.1 Å². The highest BCUT2D eigenvalue weighted by Crippen LogP contribution is 2.20. The predicted molar refractivity (Wildman–Crippen MR) is 90.7 cm³/mol. The van der Waals surface area contributed by atoms with Gasteiger partial charge >= 0.3 is 0 Å². The third-order valence-electron chi connectivity index (χ3n) is 3.64. The van der Waals surface area contributed by atoms with Crippen molar-refractivity contribution >= 4 is 11.8 Å². The molecule has 1 aromatic heterocycles. The van der Waals surface area contributed by atoms with Gasteiger partial charge in [-0.3, -0.25) is 9.59 Å². The molecule has 8 nitrogen and oxygen atoms in total. The molecule has 0 unspecified atom stereocenters. The van der Waals surface area contributed by atoms with Gasteiger partial charge in [-0.15, -0.1) is 0 Å². The molecule has 0 radical (unpaired) electrons. The molecule has 0 saturated carbocycles. The van der Waals surface area contributed by atoms with E-state index in [9.17, 15) is 9.59 Å². The van der Waals surface area contributed by atoms with Crippen LogP contribution in [-0.4, -0.2) is 46.6 Å². The summed E-state index contributed by atoms with van der Waals surface area (Å²) in [6.07, 6.45) is 0.458. The summed E-state index contributed by atoms with van der Waals surface area (Å²) in [5, 5.41) is 3.92. The first kappa shape index (κ1) is 18.4. The third-order valence-corrected chi connectivity index (χ3v) is 3.64. The number of amides is 2. The summed E-state index contributed by atoms with van der Waals surface area (Å²) in [5.74, 6) is 0.825. The Hall–Kier alpha value is -2.90. The lowest BCUT2D eigenvalue weighted by molar-refractivity contribution is -0.136. The van der Waals surface area contributed by atoms with Crippen LogP contribution < -0.4 is 10.5 Å². The number of benzene rings is 1. The van der Waals surface area contributed by atoms with E-state index in [1.807, 2.05) is 26.0 Å². The zero-order chi connectivity index (χ0) is 18.4. The second kappa shape index (κ2) is 8.27. The van der Waals surface area contributed by atoms with Crippen LogP contribution in [0.15, 0.2) is 28.8 Å². The largest absolute Gasteiger partial charge is 0.497 e.